The minimum absolute atomic E-state index is 0.199. The van der Waals surface area contributed by atoms with Gasteiger partial charge in [0, 0.05) is 17.8 Å². The third kappa shape index (κ3) is 2.56. The summed E-state index contributed by atoms with van der Waals surface area (Å²) >= 11 is 1.40. The van der Waals surface area contributed by atoms with E-state index in [-0.39, 0.29) is 5.91 Å². The predicted octanol–water partition coefficient (Wildman–Crippen LogP) is 2.71. The Labute approximate surface area is 126 Å². The molecule has 0 radical (unpaired) electrons. The molecule has 2 heterocycles. The van der Waals surface area contributed by atoms with Crippen molar-refractivity contribution in [2.24, 2.45) is 0 Å². The Morgan fingerprint density at radius 3 is 2.52 bits per heavy atom. The largest absolute Gasteiger partial charge is 0.480 e. The van der Waals surface area contributed by atoms with Gasteiger partial charge in [-0.3, -0.25) is 4.79 Å². The Hall–Kier alpha value is -2.14. The van der Waals surface area contributed by atoms with Gasteiger partial charge in [0.15, 0.2) is 0 Å². The summed E-state index contributed by atoms with van der Waals surface area (Å²) in [6.07, 6.45) is 0.363. The predicted molar refractivity (Wildman–Crippen MR) is 80.5 cm³/mol. The van der Waals surface area contributed by atoms with E-state index in [1.165, 1.54) is 16.2 Å². The fourth-order valence-corrected chi connectivity index (χ4v) is 3.47. The van der Waals surface area contributed by atoms with Crippen LogP contribution in [0.3, 0.4) is 0 Å². The zero-order valence-corrected chi connectivity index (χ0v) is 12.4. The van der Waals surface area contributed by atoms with E-state index < -0.39 is 12.0 Å². The molecule has 2 aromatic rings. The van der Waals surface area contributed by atoms with E-state index in [1.807, 2.05) is 37.3 Å². The first-order chi connectivity index (χ1) is 10.1. The molecule has 1 aliphatic rings. The number of rotatable bonds is 2. The second kappa shape index (κ2) is 5.33. The molecule has 1 N–H and O–H groups in total. The van der Waals surface area contributed by atoms with Gasteiger partial charge in [0.2, 0.25) is 0 Å². The summed E-state index contributed by atoms with van der Waals surface area (Å²) in [4.78, 5) is 27.2. The van der Waals surface area contributed by atoms with Gasteiger partial charge in [0.05, 0.1) is 4.88 Å². The van der Waals surface area contributed by atoms with Crippen molar-refractivity contribution in [1.82, 2.24) is 4.90 Å². The molecule has 0 aliphatic carbocycles. The quantitative estimate of drug-likeness (QED) is 0.928. The number of hydrogen-bond donors (Lipinski definition) is 1. The number of carbonyl (C=O) groups excluding carboxylic acids is 1. The van der Waals surface area contributed by atoms with Crippen molar-refractivity contribution in [3.63, 3.8) is 0 Å². The van der Waals surface area contributed by atoms with Crippen molar-refractivity contribution in [2.75, 3.05) is 0 Å². The summed E-state index contributed by atoms with van der Waals surface area (Å²) in [5.41, 5.74) is 2.04. The van der Waals surface area contributed by atoms with Gasteiger partial charge in [-0.25, -0.2) is 4.79 Å². The fourth-order valence-electron chi connectivity index (χ4n) is 2.65. The first-order valence-electron chi connectivity index (χ1n) is 6.73. The van der Waals surface area contributed by atoms with Gasteiger partial charge < -0.3 is 10.0 Å². The Kier molecular flexibility index (Phi) is 3.51. The van der Waals surface area contributed by atoms with Crippen molar-refractivity contribution >= 4 is 23.2 Å². The monoisotopic (exact) mass is 301 g/mol. The number of carboxylic acid groups (broad SMARTS) is 1. The summed E-state index contributed by atoms with van der Waals surface area (Å²) in [6.45, 7) is 2.28. The fraction of sp³-hybridized carbons (Fsp3) is 0.250. The van der Waals surface area contributed by atoms with Crippen LogP contribution < -0.4 is 0 Å². The van der Waals surface area contributed by atoms with E-state index in [0.29, 0.717) is 17.8 Å². The highest BCUT2D eigenvalue weighted by Crippen LogP contribution is 2.27. The van der Waals surface area contributed by atoms with Gasteiger partial charge in [-0.1, -0.05) is 24.3 Å². The lowest BCUT2D eigenvalue weighted by Gasteiger charge is -2.34. The van der Waals surface area contributed by atoms with E-state index in [0.717, 1.165) is 16.0 Å². The Bertz CT molecular complexity index is 707. The van der Waals surface area contributed by atoms with Crippen LogP contribution in [0, 0.1) is 6.92 Å². The minimum atomic E-state index is -0.953. The Morgan fingerprint density at radius 2 is 1.90 bits per heavy atom. The van der Waals surface area contributed by atoms with Gasteiger partial charge in [0.25, 0.3) is 5.91 Å². The number of nitrogens with zero attached hydrogens (tertiary/aromatic N) is 1. The average molecular weight is 301 g/mol. The molecule has 1 aromatic heterocycles. The van der Waals surface area contributed by atoms with Crippen molar-refractivity contribution in [3.05, 3.63) is 57.3 Å². The topological polar surface area (TPSA) is 57.6 Å². The van der Waals surface area contributed by atoms with Crippen LogP contribution in [0.4, 0.5) is 0 Å². The van der Waals surface area contributed by atoms with Gasteiger partial charge in [0.1, 0.15) is 6.04 Å². The highest BCUT2D eigenvalue weighted by Gasteiger charge is 2.35. The Balaban J connectivity index is 1.96. The number of thiophene rings is 1. The normalized spacial score (nSPS) is 17.4. The molecule has 21 heavy (non-hydrogen) atoms. The Morgan fingerprint density at radius 1 is 1.19 bits per heavy atom. The van der Waals surface area contributed by atoms with Crippen LogP contribution in [0.1, 0.15) is 25.7 Å². The lowest BCUT2D eigenvalue weighted by atomic mass is 9.94. The zero-order valence-electron chi connectivity index (χ0n) is 11.6. The van der Waals surface area contributed by atoms with E-state index in [9.17, 15) is 14.7 Å². The second-order valence-electron chi connectivity index (χ2n) is 5.17. The molecule has 0 fully saturated rings. The lowest BCUT2D eigenvalue weighted by molar-refractivity contribution is -0.142. The third-order valence-electron chi connectivity index (χ3n) is 3.75. The molecule has 5 heteroatoms. The number of benzene rings is 1. The number of aryl methyl sites for hydroxylation is 1. The van der Waals surface area contributed by atoms with Crippen LogP contribution in [0.15, 0.2) is 36.4 Å². The third-order valence-corrected chi connectivity index (χ3v) is 4.73. The SMILES string of the molecule is Cc1ccc(C(=O)N2Cc3ccccc3C[C@H]2C(=O)O)s1. The van der Waals surface area contributed by atoms with Gasteiger partial charge in [-0.05, 0) is 30.2 Å². The number of amides is 1. The van der Waals surface area contributed by atoms with E-state index in [4.69, 9.17) is 0 Å². The van der Waals surface area contributed by atoms with Crippen LogP contribution in [0.2, 0.25) is 0 Å². The van der Waals surface area contributed by atoms with Crippen LogP contribution in [-0.2, 0) is 17.8 Å². The molecule has 1 aromatic carbocycles. The molecule has 4 nitrogen and oxygen atoms in total. The van der Waals surface area contributed by atoms with E-state index >= 15 is 0 Å². The van der Waals surface area contributed by atoms with Crippen LogP contribution in [-0.4, -0.2) is 27.9 Å². The minimum Gasteiger partial charge on any atom is -0.480 e. The number of aliphatic carboxylic acids is 1. The molecule has 0 unspecified atom stereocenters. The lowest BCUT2D eigenvalue weighted by Crippen LogP contribution is -2.48. The maximum atomic E-state index is 12.6. The maximum absolute atomic E-state index is 12.6. The molecular weight excluding hydrogens is 286 g/mol. The zero-order chi connectivity index (χ0) is 15.0. The first kappa shape index (κ1) is 13.8. The number of carboxylic acids is 1. The number of carbonyl (C=O) groups is 2. The summed E-state index contributed by atoms with van der Waals surface area (Å²) in [6, 6.07) is 10.5. The molecule has 0 bridgehead atoms. The molecule has 1 aliphatic heterocycles. The maximum Gasteiger partial charge on any atom is 0.326 e. The average Bonchev–Trinajstić information content (AvgIpc) is 2.91. The van der Waals surface area contributed by atoms with Crippen molar-refractivity contribution in [3.8, 4) is 0 Å². The van der Waals surface area contributed by atoms with Crippen LogP contribution >= 0.6 is 11.3 Å². The molecule has 1 atom stereocenters. The standard InChI is InChI=1S/C16H15NO3S/c1-10-6-7-14(21-10)15(18)17-9-12-5-3-2-4-11(12)8-13(17)16(19)20/h2-7,13H,8-9H2,1H3,(H,19,20)/t13-/m0/s1. The number of fused-ring (bicyclic) bond motifs is 1. The highest BCUT2D eigenvalue weighted by atomic mass is 32.1. The second-order valence-corrected chi connectivity index (χ2v) is 6.46. The summed E-state index contributed by atoms with van der Waals surface area (Å²) in [5.74, 6) is -1.15. The van der Waals surface area contributed by atoms with Gasteiger partial charge in [-0.15, -0.1) is 11.3 Å². The summed E-state index contributed by atoms with van der Waals surface area (Å²) in [5, 5.41) is 9.44. The smallest absolute Gasteiger partial charge is 0.326 e. The van der Waals surface area contributed by atoms with E-state index in [2.05, 4.69) is 0 Å². The van der Waals surface area contributed by atoms with Crippen molar-refractivity contribution in [2.45, 2.75) is 25.9 Å². The highest BCUT2D eigenvalue weighted by molar-refractivity contribution is 7.13. The molecule has 1 amide bonds. The molecule has 0 saturated heterocycles. The molecule has 108 valence electrons. The summed E-state index contributed by atoms with van der Waals surface area (Å²) in [7, 11) is 0. The van der Waals surface area contributed by atoms with Crippen LogP contribution in [0.5, 0.6) is 0 Å². The number of hydrogen-bond acceptors (Lipinski definition) is 3. The van der Waals surface area contributed by atoms with Crippen molar-refractivity contribution in [1.29, 1.82) is 0 Å². The van der Waals surface area contributed by atoms with E-state index in [1.54, 1.807) is 6.07 Å². The van der Waals surface area contributed by atoms with Crippen molar-refractivity contribution < 1.29 is 14.7 Å². The first-order valence-corrected chi connectivity index (χ1v) is 7.55. The molecule has 3 rings (SSSR count). The van der Waals surface area contributed by atoms with Crippen LogP contribution in [0.25, 0.3) is 0 Å². The summed E-state index contributed by atoms with van der Waals surface area (Å²) < 4.78 is 0. The molecule has 0 spiro atoms. The van der Waals surface area contributed by atoms with Gasteiger partial charge >= 0.3 is 5.97 Å². The molecule has 0 saturated carbocycles. The molecular formula is C16H15NO3S. The van der Waals surface area contributed by atoms with Gasteiger partial charge in [-0.2, -0.15) is 0 Å².